The molecule has 0 saturated carbocycles. The van der Waals surface area contributed by atoms with Crippen LogP contribution in [0.15, 0.2) is 12.4 Å². The quantitative estimate of drug-likeness (QED) is 0.627. The second-order valence-electron chi connectivity index (χ2n) is 3.39. The van der Waals surface area contributed by atoms with E-state index in [-0.39, 0.29) is 5.54 Å². The van der Waals surface area contributed by atoms with E-state index >= 15 is 0 Å². The second-order valence-corrected chi connectivity index (χ2v) is 3.39. The lowest BCUT2D eigenvalue weighted by Gasteiger charge is -2.30. The summed E-state index contributed by atoms with van der Waals surface area (Å²) in [6.45, 7) is 6.52. The first-order valence-corrected chi connectivity index (χ1v) is 3.55. The fraction of sp³-hybridized carbons (Fsp3) is 0.750. The van der Waals surface area contributed by atoms with E-state index in [9.17, 15) is 0 Å². The molecule has 0 aliphatic carbocycles. The van der Waals surface area contributed by atoms with E-state index in [0.29, 0.717) is 0 Å². The normalized spacial score (nSPS) is 12.1. The topological polar surface area (TPSA) is 15.3 Å². The molecule has 0 aromatic carbocycles. The van der Waals surface area contributed by atoms with Crippen LogP contribution in [0.2, 0.25) is 0 Å². The van der Waals surface area contributed by atoms with Crippen molar-refractivity contribution >= 4 is 0 Å². The Morgan fingerprint density at radius 2 is 1.80 bits per heavy atom. The summed E-state index contributed by atoms with van der Waals surface area (Å²) in [4.78, 5) is 2.16. The van der Waals surface area contributed by atoms with Crippen LogP contribution in [0.5, 0.6) is 0 Å². The van der Waals surface area contributed by atoms with Crippen molar-refractivity contribution in [1.29, 1.82) is 0 Å². The Labute approximate surface area is 63.9 Å². The van der Waals surface area contributed by atoms with Crippen molar-refractivity contribution in [2.24, 2.45) is 0 Å². The van der Waals surface area contributed by atoms with Crippen molar-refractivity contribution in [2.45, 2.75) is 26.3 Å². The predicted octanol–water partition coefficient (Wildman–Crippen LogP) is 1.41. The van der Waals surface area contributed by atoms with Crippen LogP contribution in [-0.2, 0) is 0 Å². The zero-order valence-corrected chi connectivity index (χ0v) is 7.60. The molecule has 0 unspecified atom stereocenters. The lowest BCUT2D eigenvalue weighted by molar-refractivity contribution is 0.249. The highest BCUT2D eigenvalue weighted by atomic mass is 15.1. The van der Waals surface area contributed by atoms with Crippen LogP contribution in [0.25, 0.3) is 0 Å². The second kappa shape index (κ2) is 3.49. The number of nitrogens with one attached hydrogen (secondary N) is 1. The maximum Gasteiger partial charge on any atom is 0.0309 e. The molecule has 0 aliphatic heterocycles. The third kappa shape index (κ3) is 3.38. The molecule has 0 spiro atoms. The van der Waals surface area contributed by atoms with Gasteiger partial charge in [0.15, 0.2) is 0 Å². The zero-order valence-electron chi connectivity index (χ0n) is 7.60. The summed E-state index contributed by atoms with van der Waals surface area (Å²) in [5.74, 6) is 0. The molecule has 0 saturated heterocycles. The highest BCUT2D eigenvalue weighted by Crippen LogP contribution is 2.09. The molecule has 0 aromatic heterocycles. The first kappa shape index (κ1) is 9.34. The molecule has 0 rings (SSSR count). The molecular weight excluding hydrogens is 124 g/mol. The van der Waals surface area contributed by atoms with Gasteiger partial charge in [0.1, 0.15) is 0 Å². The Hall–Kier alpha value is -0.660. The predicted molar refractivity (Wildman–Crippen MR) is 45.7 cm³/mol. The summed E-state index contributed by atoms with van der Waals surface area (Å²) in [6.07, 6.45) is 3.95. The van der Waals surface area contributed by atoms with Gasteiger partial charge in [-0.2, -0.15) is 0 Å². The summed E-state index contributed by atoms with van der Waals surface area (Å²) >= 11 is 0. The molecule has 60 valence electrons. The Morgan fingerprint density at radius 1 is 1.30 bits per heavy atom. The summed E-state index contributed by atoms with van der Waals surface area (Å²) < 4.78 is 0. The van der Waals surface area contributed by atoms with Gasteiger partial charge in [0.25, 0.3) is 0 Å². The largest absolute Gasteiger partial charge is 0.393 e. The minimum Gasteiger partial charge on any atom is -0.393 e. The average Bonchev–Trinajstić information content (AvgIpc) is 1.80. The minimum absolute atomic E-state index is 0.216. The summed E-state index contributed by atoms with van der Waals surface area (Å²) in [5.41, 5.74) is 0.216. The maximum atomic E-state index is 2.95. The third-order valence-corrected chi connectivity index (χ3v) is 1.52. The molecule has 0 aliphatic rings. The molecule has 2 heteroatoms. The van der Waals surface area contributed by atoms with Crippen LogP contribution in [0.3, 0.4) is 0 Å². The van der Waals surface area contributed by atoms with Gasteiger partial charge in [-0.15, -0.1) is 0 Å². The first-order valence-electron chi connectivity index (χ1n) is 3.55. The Kier molecular flexibility index (Phi) is 3.26. The maximum absolute atomic E-state index is 2.95. The van der Waals surface area contributed by atoms with Gasteiger partial charge in [-0.1, -0.05) is 0 Å². The van der Waals surface area contributed by atoms with Gasteiger partial charge in [-0.25, -0.2) is 0 Å². The van der Waals surface area contributed by atoms with Gasteiger partial charge in [0.2, 0.25) is 0 Å². The highest BCUT2D eigenvalue weighted by molar-refractivity contribution is 4.85. The van der Waals surface area contributed by atoms with Crippen molar-refractivity contribution < 1.29 is 0 Å². The van der Waals surface area contributed by atoms with Crippen LogP contribution >= 0.6 is 0 Å². The highest BCUT2D eigenvalue weighted by Gasteiger charge is 2.12. The van der Waals surface area contributed by atoms with Gasteiger partial charge >= 0.3 is 0 Å². The number of hydrogen-bond donors (Lipinski definition) is 1. The smallest absolute Gasteiger partial charge is 0.0309 e. The molecule has 1 N–H and O–H groups in total. The van der Waals surface area contributed by atoms with Gasteiger partial charge in [-0.3, -0.25) is 0 Å². The molecule has 10 heavy (non-hydrogen) atoms. The molecule has 0 radical (unpaired) electrons. The third-order valence-electron chi connectivity index (χ3n) is 1.52. The molecule has 0 fully saturated rings. The van der Waals surface area contributed by atoms with Crippen LogP contribution in [0.1, 0.15) is 20.8 Å². The molecule has 2 nitrogen and oxygen atoms in total. The average molecular weight is 142 g/mol. The van der Waals surface area contributed by atoms with E-state index in [2.05, 4.69) is 38.0 Å². The number of rotatable bonds is 2. The van der Waals surface area contributed by atoms with E-state index in [1.54, 1.807) is 0 Å². The van der Waals surface area contributed by atoms with Crippen LogP contribution < -0.4 is 5.32 Å². The van der Waals surface area contributed by atoms with Crippen molar-refractivity contribution in [1.82, 2.24) is 10.2 Å². The zero-order chi connectivity index (χ0) is 8.20. The van der Waals surface area contributed by atoms with Gasteiger partial charge in [-0.05, 0) is 20.8 Å². The molecule has 0 bridgehead atoms. The van der Waals surface area contributed by atoms with E-state index in [1.165, 1.54) is 0 Å². The van der Waals surface area contributed by atoms with E-state index < -0.39 is 0 Å². The monoisotopic (exact) mass is 142 g/mol. The molecule has 0 heterocycles. The minimum atomic E-state index is 0.216. The van der Waals surface area contributed by atoms with Crippen molar-refractivity contribution in [2.75, 3.05) is 14.1 Å². The van der Waals surface area contributed by atoms with E-state index in [0.717, 1.165) is 0 Å². The number of hydrogen-bond acceptors (Lipinski definition) is 2. The lowest BCUT2D eigenvalue weighted by atomic mass is 10.1. The van der Waals surface area contributed by atoms with Gasteiger partial charge in [0, 0.05) is 32.0 Å². The fourth-order valence-electron chi connectivity index (χ4n) is 0.410. The SMILES string of the molecule is CN/C=C\N(C)C(C)(C)C. The van der Waals surface area contributed by atoms with Crippen LogP contribution in [-0.4, -0.2) is 24.5 Å². The molecule has 0 aromatic rings. The van der Waals surface area contributed by atoms with Crippen LogP contribution in [0.4, 0.5) is 0 Å². The number of nitrogens with zero attached hydrogens (tertiary/aromatic N) is 1. The summed E-state index contributed by atoms with van der Waals surface area (Å²) in [7, 11) is 3.96. The molecule has 0 atom stereocenters. The van der Waals surface area contributed by atoms with Gasteiger partial charge < -0.3 is 10.2 Å². The van der Waals surface area contributed by atoms with Gasteiger partial charge in [0.05, 0.1) is 0 Å². The summed E-state index contributed by atoms with van der Waals surface area (Å²) in [5, 5.41) is 2.95. The fourth-order valence-corrected chi connectivity index (χ4v) is 0.410. The Morgan fingerprint density at radius 3 is 2.10 bits per heavy atom. The Bertz CT molecular complexity index is 111. The Balaban J connectivity index is 3.84. The first-order chi connectivity index (χ1) is 4.48. The van der Waals surface area contributed by atoms with Crippen molar-refractivity contribution in [3.05, 3.63) is 12.4 Å². The molecular formula is C8H18N2. The standard InChI is InChI=1S/C8H18N2/c1-8(2,3)10(5)7-6-9-4/h6-7,9H,1-5H3/b7-6-. The van der Waals surface area contributed by atoms with Crippen LogP contribution in [0, 0.1) is 0 Å². The van der Waals surface area contributed by atoms with E-state index in [1.807, 2.05) is 19.4 Å². The molecule has 0 amide bonds. The van der Waals surface area contributed by atoms with Crippen molar-refractivity contribution in [3.8, 4) is 0 Å². The van der Waals surface area contributed by atoms with Crippen molar-refractivity contribution in [3.63, 3.8) is 0 Å². The lowest BCUT2D eigenvalue weighted by Crippen LogP contribution is -2.33. The van der Waals surface area contributed by atoms with E-state index in [4.69, 9.17) is 0 Å². The summed E-state index contributed by atoms with van der Waals surface area (Å²) in [6, 6.07) is 0.